The minimum atomic E-state index is -1.92. The van der Waals surface area contributed by atoms with Crippen LogP contribution in [0.1, 0.15) is 102 Å². The lowest BCUT2D eigenvalue weighted by atomic mass is 9.81. The van der Waals surface area contributed by atoms with Gasteiger partial charge in [0, 0.05) is 18.3 Å². The highest BCUT2D eigenvalue weighted by molar-refractivity contribution is 6.74. The summed E-state index contributed by atoms with van der Waals surface area (Å²) >= 11 is 0. The van der Waals surface area contributed by atoms with Gasteiger partial charge in [-0.25, -0.2) is 0 Å². The monoisotopic (exact) mass is 524 g/mol. The van der Waals surface area contributed by atoms with E-state index in [1.165, 1.54) is 50.3 Å². The first-order valence-corrected chi connectivity index (χ1v) is 17.2. The van der Waals surface area contributed by atoms with Crippen molar-refractivity contribution in [2.24, 2.45) is 11.8 Å². The molecular weight excluding hydrogens is 476 g/mol. The van der Waals surface area contributed by atoms with Crippen molar-refractivity contribution in [3.05, 3.63) is 59.7 Å². The standard InChI is InChI=1S/C32H48O4Si/c1-32(2,3)37(5,6)36-31(25-14-10-9-11-15-25)26-20-18-24(19-21-26)27-22-23-29(33)28(27)16-12-7-8-13-17-30(34)35-4/h7,12,18-23,25,27-28,31H,8-11,13-17H2,1-6H3/t27?,28?,31-/m1/s1. The Balaban J connectivity index is 1.70. The molecule has 37 heavy (non-hydrogen) atoms. The van der Waals surface area contributed by atoms with E-state index in [1.54, 1.807) is 6.08 Å². The maximum Gasteiger partial charge on any atom is 0.305 e. The summed E-state index contributed by atoms with van der Waals surface area (Å²) < 4.78 is 11.8. The molecule has 0 aliphatic heterocycles. The molecule has 2 aliphatic rings. The summed E-state index contributed by atoms with van der Waals surface area (Å²) in [7, 11) is -0.499. The Kier molecular flexibility index (Phi) is 10.5. The van der Waals surface area contributed by atoms with E-state index in [-0.39, 0.29) is 34.7 Å². The van der Waals surface area contributed by atoms with Crippen LogP contribution in [0.25, 0.3) is 0 Å². The third kappa shape index (κ3) is 8.00. The number of allylic oxidation sites excluding steroid dienone is 4. The Bertz CT molecular complexity index is 948. The van der Waals surface area contributed by atoms with Crippen LogP contribution in [0.2, 0.25) is 18.1 Å². The summed E-state index contributed by atoms with van der Waals surface area (Å²) in [5.41, 5.74) is 2.49. The highest BCUT2D eigenvalue weighted by Gasteiger charge is 2.41. The number of ketones is 1. The highest BCUT2D eigenvalue weighted by atomic mass is 28.4. The maximum absolute atomic E-state index is 12.6. The highest BCUT2D eigenvalue weighted by Crippen LogP contribution is 2.45. The van der Waals surface area contributed by atoms with Gasteiger partial charge in [-0.05, 0) is 73.4 Å². The number of hydrogen-bond donors (Lipinski definition) is 0. The molecule has 0 N–H and O–H groups in total. The number of rotatable bonds is 11. The molecule has 0 saturated heterocycles. The van der Waals surface area contributed by atoms with Crippen LogP contribution in [-0.4, -0.2) is 27.2 Å². The largest absolute Gasteiger partial charge is 0.469 e. The fourth-order valence-corrected chi connectivity index (χ4v) is 6.66. The minimum Gasteiger partial charge on any atom is -0.469 e. The maximum atomic E-state index is 12.6. The van der Waals surface area contributed by atoms with Crippen LogP contribution in [-0.2, 0) is 18.8 Å². The minimum absolute atomic E-state index is 0.0553. The first-order chi connectivity index (χ1) is 17.5. The number of methoxy groups -OCH3 is 1. The van der Waals surface area contributed by atoms with Crippen LogP contribution in [0.4, 0.5) is 0 Å². The third-order valence-electron chi connectivity index (χ3n) is 8.76. The second-order valence-electron chi connectivity index (χ2n) is 12.4. The van der Waals surface area contributed by atoms with Crippen LogP contribution in [0, 0.1) is 11.8 Å². The van der Waals surface area contributed by atoms with Crippen molar-refractivity contribution in [1.82, 2.24) is 0 Å². The van der Waals surface area contributed by atoms with Crippen molar-refractivity contribution in [3.63, 3.8) is 0 Å². The first kappa shape index (κ1) is 29.6. The van der Waals surface area contributed by atoms with Gasteiger partial charge in [-0.3, -0.25) is 9.59 Å². The molecule has 0 spiro atoms. The van der Waals surface area contributed by atoms with Crippen molar-refractivity contribution in [3.8, 4) is 0 Å². The molecular formula is C32H48O4Si. The molecule has 0 aromatic heterocycles. The van der Waals surface area contributed by atoms with Gasteiger partial charge >= 0.3 is 5.97 Å². The fraction of sp³-hybridized carbons (Fsp3) is 0.625. The number of benzene rings is 1. The van der Waals surface area contributed by atoms with Crippen LogP contribution >= 0.6 is 0 Å². The van der Waals surface area contributed by atoms with E-state index in [1.807, 2.05) is 0 Å². The number of carbonyl (C=O) groups excluding carboxylic acids is 2. The molecule has 0 radical (unpaired) electrons. The number of unbranched alkanes of at least 4 members (excludes halogenated alkanes) is 1. The van der Waals surface area contributed by atoms with E-state index in [9.17, 15) is 9.59 Å². The lowest BCUT2D eigenvalue weighted by Crippen LogP contribution is -2.43. The van der Waals surface area contributed by atoms with Gasteiger partial charge in [0.25, 0.3) is 0 Å². The molecule has 204 valence electrons. The van der Waals surface area contributed by atoms with E-state index in [0.29, 0.717) is 12.3 Å². The van der Waals surface area contributed by atoms with Crippen LogP contribution in [0.15, 0.2) is 48.6 Å². The number of carbonyl (C=O) groups is 2. The summed E-state index contributed by atoms with van der Waals surface area (Å²) in [6.45, 7) is 11.7. The molecule has 2 unspecified atom stereocenters. The van der Waals surface area contributed by atoms with Gasteiger partial charge in [0.2, 0.25) is 0 Å². The molecule has 5 heteroatoms. The predicted octanol–water partition coefficient (Wildman–Crippen LogP) is 8.46. The summed E-state index contributed by atoms with van der Waals surface area (Å²) in [4.78, 5) is 23.9. The average Bonchev–Trinajstić information content (AvgIpc) is 3.24. The smallest absolute Gasteiger partial charge is 0.305 e. The van der Waals surface area contributed by atoms with E-state index >= 15 is 0 Å². The Morgan fingerprint density at radius 2 is 1.76 bits per heavy atom. The average molecular weight is 525 g/mol. The summed E-state index contributed by atoms with van der Waals surface area (Å²) in [6, 6.07) is 8.97. The van der Waals surface area contributed by atoms with Crippen LogP contribution in [0.3, 0.4) is 0 Å². The molecule has 1 fully saturated rings. The van der Waals surface area contributed by atoms with Gasteiger partial charge in [0.15, 0.2) is 14.1 Å². The molecule has 3 rings (SSSR count). The molecule has 2 aliphatic carbocycles. The zero-order valence-corrected chi connectivity index (χ0v) is 24.9. The number of esters is 1. The van der Waals surface area contributed by atoms with Crippen molar-refractivity contribution in [2.45, 2.75) is 109 Å². The van der Waals surface area contributed by atoms with E-state index in [2.05, 4.69) is 81.1 Å². The fourth-order valence-electron chi connectivity index (χ4n) is 5.34. The Hall–Kier alpha value is -1.98. The summed E-state index contributed by atoms with van der Waals surface area (Å²) in [5, 5.41) is 0.176. The summed E-state index contributed by atoms with van der Waals surface area (Å²) in [6.07, 6.45) is 17.3. The molecule has 0 amide bonds. The zero-order valence-electron chi connectivity index (χ0n) is 23.9. The Morgan fingerprint density at radius 1 is 1.08 bits per heavy atom. The SMILES string of the molecule is COC(=O)CCCC=CCC1C(=O)C=CC1c1ccc([C@H](O[Si](C)(C)C(C)(C)C)C2CCCCC2)cc1. The van der Waals surface area contributed by atoms with Gasteiger partial charge in [-0.2, -0.15) is 0 Å². The molecule has 1 saturated carbocycles. The normalized spacial score (nSPS) is 22.1. The molecule has 0 heterocycles. The van der Waals surface area contributed by atoms with E-state index in [0.717, 1.165) is 19.3 Å². The Labute approximate surface area is 226 Å². The van der Waals surface area contributed by atoms with Gasteiger partial charge < -0.3 is 9.16 Å². The number of ether oxygens (including phenoxy) is 1. The third-order valence-corrected chi connectivity index (χ3v) is 13.2. The van der Waals surface area contributed by atoms with Gasteiger partial charge in [0.1, 0.15) is 0 Å². The van der Waals surface area contributed by atoms with E-state index < -0.39 is 8.32 Å². The summed E-state index contributed by atoms with van der Waals surface area (Å²) in [5.74, 6) is 0.664. The lowest BCUT2D eigenvalue weighted by Gasteiger charge is -2.42. The second kappa shape index (κ2) is 13.2. The molecule has 3 atom stereocenters. The quantitative estimate of drug-likeness (QED) is 0.126. The Morgan fingerprint density at radius 3 is 2.38 bits per heavy atom. The predicted molar refractivity (Wildman–Crippen MR) is 154 cm³/mol. The van der Waals surface area contributed by atoms with Gasteiger partial charge in [-0.1, -0.05) is 82.5 Å². The first-order valence-electron chi connectivity index (χ1n) is 14.2. The molecule has 0 bridgehead atoms. The number of hydrogen-bond acceptors (Lipinski definition) is 4. The van der Waals surface area contributed by atoms with Crippen LogP contribution < -0.4 is 0 Å². The van der Waals surface area contributed by atoms with Crippen molar-refractivity contribution >= 4 is 20.1 Å². The van der Waals surface area contributed by atoms with Gasteiger partial charge in [0.05, 0.1) is 13.2 Å². The molecule has 1 aromatic carbocycles. The zero-order chi connectivity index (χ0) is 27.1. The lowest BCUT2D eigenvalue weighted by molar-refractivity contribution is -0.140. The topological polar surface area (TPSA) is 52.6 Å². The molecule has 1 aromatic rings. The van der Waals surface area contributed by atoms with Gasteiger partial charge in [-0.15, -0.1) is 0 Å². The van der Waals surface area contributed by atoms with Crippen LogP contribution in [0.5, 0.6) is 0 Å². The molecule has 4 nitrogen and oxygen atoms in total. The van der Waals surface area contributed by atoms with Crippen molar-refractivity contribution < 1.29 is 18.8 Å². The second-order valence-corrected chi connectivity index (χ2v) is 17.2. The van der Waals surface area contributed by atoms with E-state index in [4.69, 9.17) is 4.43 Å². The van der Waals surface area contributed by atoms with Crippen molar-refractivity contribution in [1.29, 1.82) is 0 Å². The van der Waals surface area contributed by atoms with Crippen molar-refractivity contribution in [2.75, 3.05) is 7.11 Å².